The lowest BCUT2D eigenvalue weighted by Gasteiger charge is -2.25. The molecule has 3 N–H and O–H groups in total. The van der Waals surface area contributed by atoms with Gasteiger partial charge in [0.2, 0.25) is 5.91 Å². The van der Waals surface area contributed by atoms with Crippen molar-refractivity contribution in [3.8, 4) is 0 Å². The first-order valence-electron chi connectivity index (χ1n) is 5.76. The topological polar surface area (TPSA) is 64.3 Å². The second-order valence-electron chi connectivity index (χ2n) is 4.25. The highest BCUT2D eigenvalue weighted by molar-refractivity contribution is 5.78. The van der Waals surface area contributed by atoms with Crippen LogP contribution in [0, 0.1) is 5.92 Å². The lowest BCUT2D eigenvalue weighted by molar-refractivity contribution is -0.126. The molecule has 1 saturated carbocycles. The minimum Gasteiger partial charge on any atom is -0.385 e. The summed E-state index contributed by atoms with van der Waals surface area (Å²) in [7, 11) is 1.67. The molecule has 1 aliphatic carbocycles. The third-order valence-electron chi connectivity index (χ3n) is 2.97. The first-order valence-corrected chi connectivity index (χ1v) is 5.76. The fourth-order valence-corrected chi connectivity index (χ4v) is 1.95. The van der Waals surface area contributed by atoms with E-state index in [2.05, 4.69) is 5.32 Å². The second-order valence-corrected chi connectivity index (χ2v) is 4.25. The van der Waals surface area contributed by atoms with E-state index in [0.29, 0.717) is 12.6 Å². The molecule has 0 radical (unpaired) electrons. The molecule has 0 bridgehead atoms. The Labute approximate surface area is 91.5 Å². The minimum absolute atomic E-state index is 0.187. The number of carbonyl (C=O) groups is 1. The maximum Gasteiger partial charge on any atom is 0.223 e. The summed E-state index contributed by atoms with van der Waals surface area (Å²) in [5.74, 6) is 0.380. The van der Waals surface area contributed by atoms with Gasteiger partial charge in [0.15, 0.2) is 0 Å². The minimum atomic E-state index is 0.187. The smallest absolute Gasteiger partial charge is 0.223 e. The number of methoxy groups -OCH3 is 1. The molecule has 0 saturated heterocycles. The Kier molecular flexibility index (Phi) is 5.65. The molecule has 1 rings (SSSR count). The highest BCUT2D eigenvalue weighted by atomic mass is 16.5. The number of carbonyl (C=O) groups excluding carboxylic acids is 1. The lowest BCUT2D eigenvalue weighted by atomic mass is 9.86. The Morgan fingerprint density at radius 2 is 2.07 bits per heavy atom. The van der Waals surface area contributed by atoms with Crippen LogP contribution >= 0.6 is 0 Å². The van der Waals surface area contributed by atoms with Crippen molar-refractivity contribution >= 4 is 5.91 Å². The van der Waals surface area contributed by atoms with E-state index in [1.165, 1.54) is 0 Å². The van der Waals surface area contributed by atoms with E-state index in [0.717, 1.165) is 38.6 Å². The van der Waals surface area contributed by atoms with E-state index in [4.69, 9.17) is 10.5 Å². The third kappa shape index (κ3) is 4.62. The van der Waals surface area contributed by atoms with Gasteiger partial charge in [-0.15, -0.1) is 0 Å². The van der Waals surface area contributed by atoms with E-state index in [1.807, 2.05) is 0 Å². The molecule has 0 spiro atoms. The standard InChI is InChI=1S/C11H22N2O2/c1-15-8-2-7-13-11(14)9-3-5-10(12)6-4-9/h9-10H,2-8,12H2,1H3,(H,13,14). The number of hydrogen-bond acceptors (Lipinski definition) is 3. The van der Waals surface area contributed by atoms with Crippen molar-refractivity contribution in [1.29, 1.82) is 0 Å². The van der Waals surface area contributed by atoms with Crippen molar-refractivity contribution in [3.05, 3.63) is 0 Å². The van der Waals surface area contributed by atoms with Gasteiger partial charge in [0.1, 0.15) is 0 Å². The number of nitrogens with one attached hydrogen (secondary N) is 1. The van der Waals surface area contributed by atoms with Crippen molar-refractivity contribution in [2.75, 3.05) is 20.3 Å². The van der Waals surface area contributed by atoms with Gasteiger partial charge in [-0.25, -0.2) is 0 Å². The average molecular weight is 214 g/mol. The Morgan fingerprint density at radius 3 is 2.67 bits per heavy atom. The molecular formula is C11H22N2O2. The SMILES string of the molecule is COCCCNC(=O)C1CCC(N)CC1. The highest BCUT2D eigenvalue weighted by Crippen LogP contribution is 2.22. The van der Waals surface area contributed by atoms with Crippen molar-refractivity contribution in [1.82, 2.24) is 5.32 Å². The molecule has 0 unspecified atom stereocenters. The Bertz CT molecular complexity index is 189. The zero-order valence-corrected chi connectivity index (χ0v) is 9.50. The van der Waals surface area contributed by atoms with Crippen LogP contribution in [0.4, 0.5) is 0 Å². The van der Waals surface area contributed by atoms with Crippen molar-refractivity contribution < 1.29 is 9.53 Å². The van der Waals surface area contributed by atoms with Gasteiger partial charge in [0.25, 0.3) is 0 Å². The van der Waals surface area contributed by atoms with Gasteiger partial charge in [-0.2, -0.15) is 0 Å². The first kappa shape index (κ1) is 12.5. The van der Waals surface area contributed by atoms with Gasteiger partial charge in [0, 0.05) is 32.2 Å². The average Bonchev–Trinajstić information content (AvgIpc) is 2.25. The number of ether oxygens (including phenoxy) is 1. The van der Waals surface area contributed by atoms with Gasteiger partial charge in [-0.05, 0) is 32.1 Å². The van der Waals surface area contributed by atoms with Crippen molar-refractivity contribution in [2.45, 2.75) is 38.1 Å². The third-order valence-corrected chi connectivity index (χ3v) is 2.97. The molecule has 1 amide bonds. The zero-order valence-electron chi connectivity index (χ0n) is 9.50. The summed E-state index contributed by atoms with van der Waals surface area (Å²) < 4.78 is 4.92. The molecule has 0 aromatic rings. The predicted molar refractivity (Wildman–Crippen MR) is 59.4 cm³/mol. The maximum atomic E-state index is 11.7. The van der Waals surface area contributed by atoms with E-state index in [1.54, 1.807) is 7.11 Å². The Hall–Kier alpha value is -0.610. The number of amides is 1. The summed E-state index contributed by atoms with van der Waals surface area (Å²) in [4.78, 5) is 11.7. The summed E-state index contributed by atoms with van der Waals surface area (Å²) in [6, 6.07) is 0.308. The van der Waals surface area contributed by atoms with Crippen LogP contribution in [0.1, 0.15) is 32.1 Å². The Balaban J connectivity index is 2.11. The molecule has 4 heteroatoms. The monoisotopic (exact) mass is 214 g/mol. The number of hydrogen-bond donors (Lipinski definition) is 2. The Morgan fingerprint density at radius 1 is 1.40 bits per heavy atom. The van der Waals surface area contributed by atoms with Gasteiger partial charge in [-0.3, -0.25) is 4.79 Å². The lowest BCUT2D eigenvalue weighted by Crippen LogP contribution is -2.36. The fourth-order valence-electron chi connectivity index (χ4n) is 1.95. The molecule has 0 aromatic heterocycles. The van der Waals surface area contributed by atoms with Crippen LogP contribution in [0.15, 0.2) is 0 Å². The van der Waals surface area contributed by atoms with Crippen molar-refractivity contribution in [2.24, 2.45) is 11.7 Å². The summed E-state index contributed by atoms with van der Waals surface area (Å²) >= 11 is 0. The normalized spacial score (nSPS) is 26.3. The molecule has 0 heterocycles. The molecule has 1 aliphatic rings. The van der Waals surface area contributed by atoms with Crippen LogP contribution in [0.5, 0.6) is 0 Å². The van der Waals surface area contributed by atoms with Crippen LogP contribution in [0.25, 0.3) is 0 Å². The molecular weight excluding hydrogens is 192 g/mol. The summed E-state index contributed by atoms with van der Waals surface area (Å²) in [6.45, 7) is 1.42. The van der Waals surface area contributed by atoms with Gasteiger partial charge in [0.05, 0.1) is 0 Å². The number of rotatable bonds is 5. The van der Waals surface area contributed by atoms with Crippen LogP contribution < -0.4 is 11.1 Å². The molecule has 0 atom stereocenters. The highest BCUT2D eigenvalue weighted by Gasteiger charge is 2.23. The largest absolute Gasteiger partial charge is 0.385 e. The fraction of sp³-hybridized carbons (Fsp3) is 0.909. The molecule has 1 fully saturated rings. The van der Waals surface area contributed by atoms with E-state index in [-0.39, 0.29) is 11.8 Å². The molecule has 0 aromatic carbocycles. The predicted octanol–water partition coefficient (Wildman–Crippen LogP) is 0.657. The van der Waals surface area contributed by atoms with Crippen LogP contribution in [0.3, 0.4) is 0 Å². The van der Waals surface area contributed by atoms with Gasteiger partial charge >= 0.3 is 0 Å². The molecule has 0 aliphatic heterocycles. The summed E-state index contributed by atoms with van der Waals surface area (Å²) in [5, 5.41) is 2.94. The molecule has 88 valence electrons. The molecule has 4 nitrogen and oxygen atoms in total. The quantitative estimate of drug-likeness (QED) is 0.661. The van der Waals surface area contributed by atoms with E-state index in [9.17, 15) is 4.79 Å². The zero-order chi connectivity index (χ0) is 11.1. The summed E-state index contributed by atoms with van der Waals surface area (Å²) in [5.41, 5.74) is 5.79. The maximum absolute atomic E-state index is 11.7. The van der Waals surface area contributed by atoms with Crippen LogP contribution in [0.2, 0.25) is 0 Å². The molecule has 15 heavy (non-hydrogen) atoms. The van der Waals surface area contributed by atoms with Gasteiger partial charge < -0.3 is 15.8 Å². The van der Waals surface area contributed by atoms with Crippen molar-refractivity contribution in [3.63, 3.8) is 0 Å². The van der Waals surface area contributed by atoms with E-state index >= 15 is 0 Å². The van der Waals surface area contributed by atoms with E-state index < -0.39 is 0 Å². The van der Waals surface area contributed by atoms with Crippen LogP contribution in [-0.4, -0.2) is 32.2 Å². The summed E-state index contributed by atoms with van der Waals surface area (Å²) in [6.07, 6.45) is 4.73. The van der Waals surface area contributed by atoms with Crippen LogP contribution in [-0.2, 0) is 9.53 Å². The van der Waals surface area contributed by atoms with Gasteiger partial charge in [-0.1, -0.05) is 0 Å². The second kappa shape index (κ2) is 6.80. The first-order chi connectivity index (χ1) is 7.24. The number of nitrogens with two attached hydrogens (primary N) is 1.